The molecule has 0 radical (unpaired) electrons. The second kappa shape index (κ2) is 7.41. The molecule has 1 atom stereocenters. The summed E-state index contributed by atoms with van der Waals surface area (Å²) in [5, 5.41) is 6.40. The van der Waals surface area contributed by atoms with Crippen LogP contribution in [0, 0.1) is 0 Å². The zero-order valence-corrected chi connectivity index (χ0v) is 12.4. The highest BCUT2D eigenvalue weighted by molar-refractivity contribution is 5.78. The number of nitrogens with zero attached hydrogens (tertiary/aromatic N) is 1. The maximum absolute atomic E-state index is 12.0. The van der Waals surface area contributed by atoms with E-state index in [-0.39, 0.29) is 11.9 Å². The molecule has 1 aromatic rings. The molecule has 20 heavy (non-hydrogen) atoms. The summed E-state index contributed by atoms with van der Waals surface area (Å²) in [5.41, 5.74) is 1.18. The molecule has 0 bridgehead atoms. The van der Waals surface area contributed by atoms with Crippen molar-refractivity contribution in [3.8, 4) is 0 Å². The first-order chi connectivity index (χ1) is 9.65. The summed E-state index contributed by atoms with van der Waals surface area (Å²) in [5.74, 6) is 0.0875. The van der Waals surface area contributed by atoms with Crippen LogP contribution in [0.15, 0.2) is 30.3 Å². The van der Waals surface area contributed by atoms with Gasteiger partial charge in [-0.05, 0) is 45.5 Å². The Morgan fingerprint density at radius 1 is 1.30 bits per heavy atom. The van der Waals surface area contributed by atoms with Crippen molar-refractivity contribution in [1.82, 2.24) is 15.5 Å². The standard InChI is InChI=1S/C16H25N3O/c1-19(2)11-10-15(13-6-4-3-5-7-13)18-16(20)12-17-14-8-9-14/h3-7,14-15,17H,8-12H2,1-2H3,(H,18,20)/t15-/m1/s1. The minimum atomic E-state index is 0.0875. The lowest BCUT2D eigenvalue weighted by molar-refractivity contribution is -0.121. The third-order valence-electron chi connectivity index (χ3n) is 3.53. The lowest BCUT2D eigenvalue weighted by Gasteiger charge is -2.21. The third-order valence-corrected chi connectivity index (χ3v) is 3.53. The molecular formula is C16H25N3O. The van der Waals surface area contributed by atoms with E-state index in [4.69, 9.17) is 0 Å². The van der Waals surface area contributed by atoms with Crippen molar-refractivity contribution in [3.05, 3.63) is 35.9 Å². The van der Waals surface area contributed by atoms with Gasteiger partial charge in [0.15, 0.2) is 0 Å². The first-order valence-corrected chi connectivity index (χ1v) is 7.37. The van der Waals surface area contributed by atoms with E-state index < -0.39 is 0 Å². The Labute approximate surface area is 121 Å². The van der Waals surface area contributed by atoms with E-state index in [1.54, 1.807) is 0 Å². The molecule has 0 saturated heterocycles. The van der Waals surface area contributed by atoms with Crippen molar-refractivity contribution in [2.24, 2.45) is 0 Å². The first-order valence-electron chi connectivity index (χ1n) is 7.37. The average molecular weight is 275 g/mol. The summed E-state index contributed by atoms with van der Waals surface area (Å²) >= 11 is 0. The topological polar surface area (TPSA) is 44.4 Å². The molecule has 1 fully saturated rings. The van der Waals surface area contributed by atoms with Crippen molar-refractivity contribution in [2.75, 3.05) is 27.2 Å². The van der Waals surface area contributed by atoms with E-state index in [0.717, 1.165) is 13.0 Å². The van der Waals surface area contributed by atoms with Gasteiger partial charge in [-0.3, -0.25) is 4.79 Å². The van der Waals surface area contributed by atoms with Crippen molar-refractivity contribution in [3.63, 3.8) is 0 Å². The van der Waals surface area contributed by atoms with Crippen LogP contribution in [0.4, 0.5) is 0 Å². The molecule has 1 saturated carbocycles. The number of rotatable bonds is 8. The summed E-state index contributed by atoms with van der Waals surface area (Å²) in [7, 11) is 4.11. The maximum atomic E-state index is 12.0. The van der Waals surface area contributed by atoms with E-state index in [9.17, 15) is 4.79 Å². The molecule has 2 rings (SSSR count). The summed E-state index contributed by atoms with van der Waals surface area (Å²) in [4.78, 5) is 14.2. The van der Waals surface area contributed by atoms with Crippen molar-refractivity contribution >= 4 is 5.91 Å². The molecule has 110 valence electrons. The number of hydrogen-bond donors (Lipinski definition) is 2. The number of nitrogens with one attached hydrogen (secondary N) is 2. The van der Waals surface area contributed by atoms with Crippen molar-refractivity contribution < 1.29 is 4.79 Å². The lowest BCUT2D eigenvalue weighted by atomic mass is 10.0. The first kappa shape index (κ1) is 15.0. The summed E-state index contributed by atoms with van der Waals surface area (Å²) in [6.07, 6.45) is 3.33. The molecule has 0 aliphatic heterocycles. The van der Waals surface area contributed by atoms with Crippen LogP contribution in [0.25, 0.3) is 0 Å². The third kappa shape index (κ3) is 5.31. The van der Waals surface area contributed by atoms with E-state index >= 15 is 0 Å². The molecule has 4 nitrogen and oxygen atoms in total. The second-order valence-electron chi connectivity index (χ2n) is 5.78. The molecule has 1 amide bonds. The zero-order chi connectivity index (χ0) is 14.4. The van der Waals surface area contributed by atoms with Crippen LogP contribution in [0.3, 0.4) is 0 Å². The summed E-state index contributed by atoms with van der Waals surface area (Å²) < 4.78 is 0. The Morgan fingerprint density at radius 3 is 2.60 bits per heavy atom. The van der Waals surface area contributed by atoms with Crippen molar-refractivity contribution in [2.45, 2.75) is 31.3 Å². The molecule has 0 unspecified atom stereocenters. The van der Waals surface area contributed by atoms with Crippen LogP contribution in [0.2, 0.25) is 0 Å². The minimum absolute atomic E-state index is 0.0875. The van der Waals surface area contributed by atoms with E-state index in [1.807, 2.05) is 18.2 Å². The zero-order valence-electron chi connectivity index (χ0n) is 12.4. The molecule has 1 aliphatic rings. The molecule has 1 aromatic carbocycles. The second-order valence-corrected chi connectivity index (χ2v) is 5.78. The fraction of sp³-hybridized carbons (Fsp3) is 0.562. The Kier molecular flexibility index (Phi) is 5.56. The summed E-state index contributed by atoms with van der Waals surface area (Å²) in [6.45, 7) is 1.38. The molecular weight excluding hydrogens is 250 g/mol. The van der Waals surface area contributed by atoms with Gasteiger partial charge in [0.05, 0.1) is 12.6 Å². The predicted octanol–water partition coefficient (Wildman–Crippen LogP) is 1.55. The number of carbonyl (C=O) groups excluding carboxylic acids is 1. The van der Waals surface area contributed by atoms with Gasteiger partial charge in [0.25, 0.3) is 0 Å². The average Bonchev–Trinajstić information content (AvgIpc) is 3.26. The van der Waals surface area contributed by atoms with Gasteiger partial charge >= 0.3 is 0 Å². The van der Waals surface area contributed by atoms with Crippen LogP contribution in [-0.2, 0) is 4.79 Å². The van der Waals surface area contributed by atoms with Crippen LogP contribution < -0.4 is 10.6 Å². The van der Waals surface area contributed by atoms with Gasteiger partial charge in [0, 0.05) is 6.04 Å². The Morgan fingerprint density at radius 2 is 2.00 bits per heavy atom. The van der Waals surface area contributed by atoms with Gasteiger partial charge in [-0.15, -0.1) is 0 Å². The largest absolute Gasteiger partial charge is 0.348 e. The van der Waals surface area contributed by atoms with Crippen LogP contribution in [0.1, 0.15) is 30.9 Å². The monoisotopic (exact) mass is 275 g/mol. The van der Waals surface area contributed by atoms with E-state index in [1.165, 1.54) is 18.4 Å². The smallest absolute Gasteiger partial charge is 0.234 e. The molecule has 0 spiro atoms. The Hall–Kier alpha value is -1.39. The van der Waals surface area contributed by atoms with Gasteiger partial charge < -0.3 is 15.5 Å². The quantitative estimate of drug-likeness (QED) is 0.756. The van der Waals surface area contributed by atoms with Gasteiger partial charge in [0.1, 0.15) is 0 Å². The SMILES string of the molecule is CN(C)CC[C@@H](NC(=O)CNC1CC1)c1ccccc1. The van der Waals surface area contributed by atoms with Gasteiger partial charge in [0.2, 0.25) is 5.91 Å². The molecule has 1 aliphatic carbocycles. The highest BCUT2D eigenvalue weighted by Gasteiger charge is 2.22. The van der Waals surface area contributed by atoms with Gasteiger partial charge in [-0.25, -0.2) is 0 Å². The summed E-state index contributed by atoms with van der Waals surface area (Å²) in [6, 6.07) is 10.9. The normalized spacial score (nSPS) is 16.1. The predicted molar refractivity (Wildman–Crippen MR) is 81.5 cm³/mol. The van der Waals surface area contributed by atoms with Crippen LogP contribution >= 0.6 is 0 Å². The molecule has 2 N–H and O–H groups in total. The van der Waals surface area contributed by atoms with Crippen LogP contribution in [0.5, 0.6) is 0 Å². The van der Waals surface area contributed by atoms with Crippen LogP contribution in [-0.4, -0.2) is 44.0 Å². The number of hydrogen-bond acceptors (Lipinski definition) is 3. The molecule has 0 aromatic heterocycles. The highest BCUT2D eigenvalue weighted by Crippen LogP contribution is 2.19. The lowest BCUT2D eigenvalue weighted by Crippen LogP contribution is -2.38. The number of carbonyl (C=O) groups is 1. The molecule has 4 heteroatoms. The fourth-order valence-electron chi connectivity index (χ4n) is 2.16. The number of benzene rings is 1. The van der Waals surface area contributed by atoms with E-state index in [2.05, 4.69) is 41.8 Å². The van der Waals surface area contributed by atoms with Gasteiger partial charge in [-0.2, -0.15) is 0 Å². The highest BCUT2D eigenvalue weighted by atomic mass is 16.2. The van der Waals surface area contributed by atoms with E-state index in [0.29, 0.717) is 12.6 Å². The Balaban J connectivity index is 1.88. The minimum Gasteiger partial charge on any atom is -0.348 e. The fourth-order valence-corrected chi connectivity index (χ4v) is 2.16. The number of amides is 1. The maximum Gasteiger partial charge on any atom is 0.234 e. The van der Waals surface area contributed by atoms with Crippen molar-refractivity contribution in [1.29, 1.82) is 0 Å². The molecule has 0 heterocycles. The Bertz CT molecular complexity index is 415. The van der Waals surface area contributed by atoms with Gasteiger partial charge in [-0.1, -0.05) is 30.3 Å².